The molecule has 0 aromatic heterocycles. The summed E-state index contributed by atoms with van der Waals surface area (Å²) >= 11 is 5.83. The first-order valence-corrected chi connectivity index (χ1v) is 8.10. The third-order valence-electron chi connectivity index (χ3n) is 3.22. The summed E-state index contributed by atoms with van der Waals surface area (Å²) in [6.07, 6.45) is -0.393. The van der Waals surface area contributed by atoms with Crippen molar-refractivity contribution in [3.8, 4) is 5.75 Å². The van der Waals surface area contributed by atoms with Gasteiger partial charge in [-0.3, -0.25) is 4.90 Å². The number of rotatable bonds is 7. The highest BCUT2D eigenvalue weighted by molar-refractivity contribution is 6.30. The van der Waals surface area contributed by atoms with Gasteiger partial charge in [-0.15, -0.1) is 0 Å². The smallest absolute Gasteiger partial charge is 0.407 e. The molecule has 0 saturated heterocycles. The monoisotopic (exact) mass is 342 g/mol. The molecule has 1 atom stereocenters. The Morgan fingerprint density at radius 2 is 1.91 bits per heavy atom. The Balaban J connectivity index is 2.24. The highest BCUT2D eigenvalue weighted by atomic mass is 35.5. The third kappa shape index (κ3) is 8.67. The van der Waals surface area contributed by atoms with Gasteiger partial charge in [0.2, 0.25) is 0 Å². The van der Waals surface area contributed by atoms with E-state index in [1.807, 2.05) is 46.9 Å². The van der Waals surface area contributed by atoms with Gasteiger partial charge in [0.1, 0.15) is 18.0 Å². The molecule has 0 bridgehead atoms. The van der Waals surface area contributed by atoms with Crippen LogP contribution in [0.15, 0.2) is 24.3 Å². The van der Waals surface area contributed by atoms with Crippen LogP contribution in [0, 0.1) is 0 Å². The van der Waals surface area contributed by atoms with Crippen LogP contribution < -0.4 is 10.1 Å². The predicted molar refractivity (Wildman–Crippen MR) is 93.3 cm³/mol. The van der Waals surface area contributed by atoms with Gasteiger partial charge in [0.25, 0.3) is 0 Å². The molecule has 1 rings (SSSR count). The Kier molecular flexibility index (Phi) is 7.65. The fraction of sp³-hybridized carbons (Fsp3) is 0.588. The second-order valence-electron chi connectivity index (χ2n) is 6.51. The Morgan fingerprint density at radius 1 is 1.30 bits per heavy atom. The lowest BCUT2D eigenvalue weighted by Gasteiger charge is -2.26. The van der Waals surface area contributed by atoms with E-state index in [9.17, 15) is 4.79 Å². The minimum absolute atomic E-state index is 0.177. The fourth-order valence-corrected chi connectivity index (χ4v) is 1.89. The van der Waals surface area contributed by atoms with E-state index in [4.69, 9.17) is 21.1 Å². The highest BCUT2D eigenvalue weighted by Crippen LogP contribution is 2.15. The number of amides is 1. The van der Waals surface area contributed by atoms with Gasteiger partial charge < -0.3 is 14.8 Å². The summed E-state index contributed by atoms with van der Waals surface area (Å²) in [7, 11) is 1.99. The molecule has 23 heavy (non-hydrogen) atoms. The summed E-state index contributed by atoms with van der Waals surface area (Å²) in [6, 6.07) is 7.46. The van der Waals surface area contributed by atoms with E-state index < -0.39 is 11.7 Å². The summed E-state index contributed by atoms with van der Waals surface area (Å²) in [5.41, 5.74) is -0.481. The van der Waals surface area contributed by atoms with Crippen molar-refractivity contribution in [1.82, 2.24) is 10.2 Å². The van der Waals surface area contributed by atoms with Crippen molar-refractivity contribution in [2.75, 3.05) is 26.7 Å². The molecular weight excluding hydrogens is 316 g/mol. The molecule has 0 fully saturated rings. The van der Waals surface area contributed by atoms with Crippen LogP contribution in [0.1, 0.15) is 27.7 Å². The number of ether oxygens (including phenoxy) is 2. The van der Waals surface area contributed by atoms with E-state index in [1.165, 1.54) is 0 Å². The van der Waals surface area contributed by atoms with Crippen molar-refractivity contribution in [2.45, 2.75) is 39.3 Å². The van der Waals surface area contributed by atoms with Gasteiger partial charge in [-0.2, -0.15) is 0 Å². The maximum atomic E-state index is 11.6. The molecule has 1 N–H and O–H groups in total. The van der Waals surface area contributed by atoms with E-state index >= 15 is 0 Å². The lowest BCUT2D eigenvalue weighted by molar-refractivity contribution is 0.0512. The maximum absolute atomic E-state index is 11.6. The number of nitrogens with one attached hydrogen (secondary N) is 1. The third-order valence-corrected chi connectivity index (χ3v) is 3.47. The number of carbonyl (C=O) groups excluding carboxylic acids is 1. The predicted octanol–water partition coefficient (Wildman–Crippen LogP) is 3.56. The van der Waals surface area contributed by atoms with E-state index in [-0.39, 0.29) is 6.04 Å². The van der Waals surface area contributed by atoms with Crippen LogP contribution in [0.2, 0.25) is 5.02 Å². The SMILES string of the molecule is CC(CNC(=O)OC(C)(C)C)N(C)CCOc1ccc(Cl)cc1. The molecule has 6 heteroatoms. The van der Waals surface area contributed by atoms with Crippen LogP contribution in [0.25, 0.3) is 0 Å². The summed E-state index contributed by atoms with van der Waals surface area (Å²) in [4.78, 5) is 13.7. The van der Waals surface area contributed by atoms with Gasteiger partial charge in [0.15, 0.2) is 0 Å². The van der Waals surface area contributed by atoms with E-state index in [2.05, 4.69) is 10.2 Å². The number of carbonyl (C=O) groups is 1. The van der Waals surface area contributed by atoms with Crippen molar-refractivity contribution in [1.29, 1.82) is 0 Å². The molecule has 1 unspecified atom stereocenters. The lowest BCUT2D eigenvalue weighted by Crippen LogP contribution is -2.43. The lowest BCUT2D eigenvalue weighted by atomic mass is 10.2. The van der Waals surface area contributed by atoms with Crippen LogP contribution in [0.5, 0.6) is 5.75 Å². The molecule has 0 aliphatic rings. The summed E-state index contributed by atoms with van der Waals surface area (Å²) in [6.45, 7) is 9.41. The molecule has 5 nitrogen and oxygen atoms in total. The zero-order valence-corrected chi connectivity index (χ0v) is 15.3. The summed E-state index contributed by atoms with van der Waals surface area (Å²) < 4.78 is 10.9. The van der Waals surface area contributed by atoms with Crippen LogP contribution in [-0.2, 0) is 4.74 Å². The minimum Gasteiger partial charge on any atom is -0.492 e. The molecule has 0 saturated carbocycles. The Hall–Kier alpha value is -1.46. The second kappa shape index (κ2) is 8.99. The van der Waals surface area contributed by atoms with Crippen molar-refractivity contribution < 1.29 is 14.3 Å². The maximum Gasteiger partial charge on any atom is 0.407 e. The molecule has 1 aromatic rings. The van der Waals surface area contributed by atoms with Gasteiger partial charge in [-0.1, -0.05) is 11.6 Å². The number of benzene rings is 1. The zero-order chi connectivity index (χ0) is 17.5. The minimum atomic E-state index is -0.481. The van der Waals surface area contributed by atoms with Gasteiger partial charge >= 0.3 is 6.09 Å². The number of alkyl carbamates (subject to hydrolysis) is 1. The van der Waals surface area contributed by atoms with E-state index in [1.54, 1.807) is 12.1 Å². The Morgan fingerprint density at radius 3 is 2.48 bits per heavy atom. The molecule has 130 valence electrons. The fourth-order valence-electron chi connectivity index (χ4n) is 1.76. The second-order valence-corrected chi connectivity index (χ2v) is 6.95. The number of hydrogen-bond donors (Lipinski definition) is 1. The molecule has 1 amide bonds. The van der Waals surface area contributed by atoms with Crippen molar-refractivity contribution >= 4 is 17.7 Å². The largest absolute Gasteiger partial charge is 0.492 e. The van der Waals surface area contributed by atoms with Crippen molar-refractivity contribution in [2.24, 2.45) is 0 Å². The van der Waals surface area contributed by atoms with Crippen LogP contribution in [-0.4, -0.2) is 49.4 Å². The molecule has 0 radical (unpaired) electrons. The molecule has 0 spiro atoms. The first-order chi connectivity index (χ1) is 10.7. The number of hydrogen-bond acceptors (Lipinski definition) is 4. The van der Waals surface area contributed by atoms with E-state index in [0.717, 1.165) is 12.3 Å². The van der Waals surface area contributed by atoms with Crippen LogP contribution >= 0.6 is 11.6 Å². The summed E-state index contributed by atoms with van der Waals surface area (Å²) in [5, 5.41) is 3.47. The first kappa shape index (κ1) is 19.6. The van der Waals surface area contributed by atoms with Gasteiger partial charge in [-0.05, 0) is 59.0 Å². The molecular formula is C17H27ClN2O3. The zero-order valence-electron chi connectivity index (χ0n) is 14.6. The number of likely N-dealkylation sites (N-methyl/N-ethyl adjacent to an activating group) is 1. The quantitative estimate of drug-likeness (QED) is 0.823. The summed E-state index contributed by atoms with van der Waals surface area (Å²) in [5.74, 6) is 0.794. The standard InChI is InChI=1S/C17H27ClN2O3/c1-13(12-19-16(21)23-17(2,3)4)20(5)10-11-22-15-8-6-14(18)7-9-15/h6-9,13H,10-12H2,1-5H3,(H,19,21). The van der Waals surface area contributed by atoms with Crippen LogP contribution in [0.4, 0.5) is 4.79 Å². The average molecular weight is 343 g/mol. The van der Waals surface area contributed by atoms with Gasteiger partial charge in [0.05, 0.1) is 0 Å². The molecule has 0 aliphatic carbocycles. The Labute approximate surface area is 143 Å². The Bertz CT molecular complexity index is 486. The number of halogens is 1. The average Bonchev–Trinajstić information content (AvgIpc) is 2.45. The van der Waals surface area contributed by atoms with Crippen LogP contribution in [0.3, 0.4) is 0 Å². The molecule has 0 aliphatic heterocycles. The number of nitrogens with zero attached hydrogens (tertiary/aromatic N) is 1. The molecule has 1 aromatic carbocycles. The molecule has 0 heterocycles. The first-order valence-electron chi connectivity index (χ1n) is 7.73. The van der Waals surface area contributed by atoms with Gasteiger partial charge in [-0.25, -0.2) is 4.79 Å². The normalized spacial score (nSPS) is 12.8. The van der Waals surface area contributed by atoms with E-state index in [0.29, 0.717) is 18.2 Å². The van der Waals surface area contributed by atoms with Crippen molar-refractivity contribution in [3.63, 3.8) is 0 Å². The van der Waals surface area contributed by atoms with Crippen molar-refractivity contribution in [3.05, 3.63) is 29.3 Å². The van der Waals surface area contributed by atoms with Gasteiger partial charge in [0, 0.05) is 24.2 Å². The highest BCUT2D eigenvalue weighted by Gasteiger charge is 2.17. The topological polar surface area (TPSA) is 50.8 Å².